The number of nitrogens with one attached hydrogen (secondary N) is 2. The first-order valence-corrected chi connectivity index (χ1v) is 11.3. The SMILES string of the molecule is CCCN(C(C)OC(=O)NC1CCCCC1)C(C)(N)OC(=O)NC1CCCCC1.Cl.Cl. The predicted molar refractivity (Wildman–Crippen MR) is 127 cm³/mol. The largest absolute Gasteiger partial charge is 0.430 e. The third-order valence-electron chi connectivity index (χ3n) is 5.90. The highest BCUT2D eigenvalue weighted by atomic mass is 35.5. The second kappa shape index (κ2) is 15.0. The molecule has 2 amide bonds. The van der Waals surface area contributed by atoms with Crippen molar-refractivity contribution in [2.24, 2.45) is 5.73 Å². The number of hydrogen-bond acceptors (Lipinski definition) is 6. The van der Waals surface area contributed by atoms with E-state index in [4.69, 9.17) is 15.2 Å². The summed E-state index contributed by atoms with van der Waals surface area (Å²) in [6.07, 6.45) is 10.0. The lowest BCUT2D eigenvalue weighted by atomic mass is 9.96. The van der Waals surface area contributed by atoms with Crippen LogP contribution in [0.1, 0.15) is 91.4 Å². The van der Waals surface area contributed by atoms with Gasteiger partial charge in [0, 0.05) is 25.6 Å². The van der Waals surface area contributed by atoms with E-state index in [1.807, 2.05) is 6.92 Å². The minimum Gasteiger partial charge on any atom is -0.430 e. The Labute approximate surface area is 199 Å². The van der Waals surface area contributed by atoms with Gasteiger partial charge in [-0.25, -0.2) is 14.5 Å². The van der Waals surface area contributed by atoms with Gasteiger partial charge in [0.05, 0.1) is 0 Å². The van der Waals surface area contributed by atoms with E-state index >= 15 is 0 Å². The second-order valence-corrected chi connectivity index (χ2v) is 8.60. The highest BCUT2D eigenvalue weighted by molar-refractivity contribution is 5.85. The number of ether oxygens (including phenoxy) is 2. The predicted octanol–water partition coefficient (Wildman–Crippen LogP) is 4.64. The van der Waals surface area contributed by atoms with Gasteiger partial charge in [-0.2, -0.15) is 0 Å². The molecule has 8 nitrogen and oxygen atoms in total. The van der Waals surface area contributed by atoms with Crippen LogP contribution in [0.3, 0.4) is 0 Å². The summed E-state index contributed by atoms with van der Waals surface area (Å²) in [5.41, 5.74) is 6.35. The zero-order valence-electron chi connectivity index (χ0n) is 19.2. The van der Waals surface area contributed by atoms with Gasteiger partial charge in [-0.1, -0.05) is 45.4 Å². The highest BCUT2D eigenvalue weighted by Gasteiger charge is 2.37. The Morgan fingerprint density at radius 1 is 0.968 bits per heavy atom. The van der Waals surface area contributed by atoms with Crippen LogP contribution in [0, 0.1) is 0 Å². The molecule has 0 aliphatic heterocycles. The number of hydrogen-bond donors (Lipinski definition) is 3. The monoisotopic (exact) mass is 484 g/mol. The molecule has 31 heavy (non-hydrogen) atoms. The molecule has 184 valence electrons. The molecule has 0 aromatic carbocycles. The van der Waals surface area contributed by atoms with Crippen molar-refractivity contribution in [3.8, 4) is 0 Å². The van der Waals surface area contributed by atoms with E-state index in [9.17, 15) is 9.59 Å². The lowest BCUT2D eigenvalue weighted by molar-refractivity contribution is -0.159. The number of carbonyl (C=O) groups excluding carboxylic acids is 2. The van der Waals surface area contributed by atoms with E-state index < -0.39 is 24.3 Å². The maximum atomic E-state index is 12.4. The number of halogens is 2. The molecule has 0 spiro atoms. The van der Waals surface area contributed by atoms with Crippen LogP contribution in [0.2, 0.25) is 0 Å². The standard InChI is InChI=1S/C21H40N4O4.2ClH/c1-4-15-25(16(2)28-19(26)23-17-11-7-5-8-12-17)21(3,22)29-20(27)24-18-13-9-6-10-14-18;;/h16-18H,4-15,22H2,1-3H3,(H,23,26)(H,24,27);2*1H. The van der Waals surface area contributed by atoms with Gasteiger partial charge in [-0.05, 0) is 39.0 Å². The Morgan fingerprint density at radius 3 is 1.87 bits per heavy atom. The van der Waals surface area contributed by atoms with Crippen molar-refractivity contribution in [1.29, 1.82) is 0 Å². The van der Waals surface area contributed by atoms with E-state index in [1.54, 1.807) is 18.7 Å². The molecule has 2 rings (SSSR count). The number of alkyl carbamates (subject to hydrolysis) is 2. The van der Waals surface area contributed by atoms with Gasteiger partial charge in [0.15, 0.2) is 6.23 Å². The van der Waals surface area contributed by atoms with Gasteiger partial charge in [-0.3, -0.25) is 5.73 Å². The topological polar surface area (TPSA) is 106 Å². The van der Waals surface area contributed by atoms with Crippen LogP contribution < -0.4 is 16.4 Å². The number of nitrogens with zero attached hydrogens (tertiary/aromatic N) is 1. The molecule has 0 aromatic heterocycles. The van der Waals surface area contributed by atoms with Crippen LogP contribution in [0.15, 0.2) is 0 Å². The lowest BCUT2D eigenvalue weighted by Crippen LogP contribution is -2.62. The maximum absolute atomic E-state index is 12.4. The zero-order valence-corrected chi connectivity index (χ0v) is 20.8. The smallest absolute Gasteiger partial charge is 0.410 e. The van der Waals surface area contributed by atoms with Crippen LogP contribution in [0.5, 0.6) is 0 Å². The summed E-state index contributed by atoms with van der Waals surface area (Å²) >= 11 is 0. The summed E-state index contributed by atoms with van der Waals surface area (Å²) in [5, 5.41) is 5.86. The Balaban J connectivity index is 0.00000450. The minimum atomic E-state index is -1.39. The lowest BCUT2D eigenvalue weighted by Gasteiger charge is -2.40. The fraction of sp³-hybridized carbons (Fsp3) is 0.905. The van der Waals surface area contributed by atoms with Crippen molar-refractivity contribution in [2.75, 3.05) is 6.54 Å². The van der Waals surface area contributed by atoms with Crippen LogP contribution in [-0.4, -0.2) is 47.8 Å². The molecular formula is C21H42Cl2N4O4. The van der Waals surface area contributed by atoms with Gasteiger partial charge in [0.1, 0.15) is 0 Å². The van der Waals surface area contributed by atoms with Crippen molar-refractivity contribution in [1.82, 2.24) is 15.5 Å². The Kier molecular flexibility index (Phi) is 14.5. The molecule has 0 heterocycles. The maximum Gasteiger partial charge on any atom is 0.410 e. The van der Waals surface area contributed by atoms with Crippen LogP contribution in [0.25, 0.3) is 0 Å². The Bertz CT molecular complexity index is 528. The molecule has 0 saturated heterocycles. The first-order valence-electron chi connectivity index (χ1n) is 11.3. The molecule has 0 bridgehead atoms. The van der Waals surface area contributed by atoms with Gasteiger partial charge in [0.2, 0.25) is 5.85 Å². The number of rotatable bonds is 8. The van der Waals surface area contributed by atoms with Crippen molar-refractivity contribution in [2.45, 2.75) is 116 Å². The molecule has 0 radical (unpaired) electrons. The summed E-state index contributed by atoms with van der Waals surface area (Å²) in [4.78, 5) is 26.4. The molecule has 2 aliphatic rings. The van der Waals surface area contributed by atoms with Crippen LogP contribution >= 0.6 is 24.8 Å². The van der Waals surface area contributed by atoms with Crippen LogP contribution in [0.4, 0.5) is 9.59 Å². The molecule has 2 unspecified atom stereocenters. The van der Waals surface area contributed by atoms with E-state index in [1.165, 1.54) is 12.8 Å². The average Bonchev–Trinajstić information content (AvgIpc) is 2.66. The summed E-state index contributed by atoms with van der Waals surface area (Å²) in [5.74, 6) is -1.39. The molecule has 2 aliphatic carbocycles. The molecule has 2 saturated carbocycles. The van der Waals surface area contributed by atoms with Crippen LogP contribution in [-0.2, 0) is 9.47 Å². The molecular weight excluding hydrogens is 443 g/mol. The van der Waals surface area contributed by atoms with Gasteiger partial charge in [0.25, 0.3) is 0 Å². The summed E-state index contributed by atoms with van der Waals surface area (Å²) < 4.78 is 11.1. The number of carbonyl (C=O) groups is 2. The van der Waals surface area contributed by atoms with Crippen molar-refractivity contribution < 1.29 is 19.1 Å². The van der Waals surface area contributed by atoms with Crippen molar-refractivity contribution >= 4 is 37.0 Å². The summed E-state index contributed by atoms with van der Waals surface area (Å²) in [6.45, 7) is 5.91. The zero-order chi connectivity index (χ0) is 21.3. The molecule has 4 N–H and O–H groups in total. The van der Waals surface area contributed by atoms with Gasteiger partial charge >= 0.3 is 12.2 Å². The van der Waals surface area contributed by atoms with Crippen molar-refractivity contribution in [3.63, 3.8) is 0 Å². The first-order chi connectivity index (χ1) is 13.8. The highest BCUT2D eigenvalue weighted by Crippen LogP contribution is 2.21. The second-order valence-electron chi connectivity index (χ2n) is 8.60. The van der Waals surface area contributed by atoms with Gasteiger partial charge < -0.3 is 20.1 Å². The summed E-state index contributed by atoms with van der Waals surface area (Å²) in [7, 11) is 0. The molecule has 2 fully saturated rings. The first kappa shape index (κ1) is 30.0. The Hall–Kier alpha value is -0.960. The van der Waals surface area contributed by atoms with E-state index in [-0.39, 0.29) is 36.9 Å². The van der Waals surface area contributed by atoms with Crippen molar-refractivity contribution in [3.05, 3.63) is 0 Å². The third kappa shape index (κ3) is 10.5. The van der Waals surface area contributed by atoms with Gasteiger partial charge in [-0.15, -0.1) is 24.8 Å². The number of nitrogens with two attached hydrogens (primary N) is 1. The Morgan fingerprint density at radius 2 is 1.42 bits per heavy atom. The summed E-state index contributed by atoms with van der Waals surface area (Å²) in [6, 6.07) is 0.312. The number of amides is 2. The van der Waals surface area contributed by atoms with E-state index in [0.29, 0.717) is 6.54 Å². The fourth-order valence-electron chi connectivity index (χ4n) is 4.36. The third-order valence-corrected chi connectivity index (χ3v) is 5.90. The average molecular weight is 485 g/mol. The van der Waals surface area contributed by atoms with E-state index in [0.717, 1.165) is 57.8 Å². The molecule has 10 heteroatoms. The normalized spacial score (nSPS) is 20.4. The molecule has 2 atom stereocenters. The quantitative estimate of drug-likeness (QED) is 0.433. The minimum absolute atomic E-state index is 0. The fourth-order valence-corrected chi connectivity index (χ4v) is 4.36. The van der Waals surface area contributed by atoms with E-state index in [2.05, 4.69) is 10.6 Å². The molecule has 0 aromatic rings.